The van der Waals surface area contributed by atoms with E-state index in [1.807, 2.05) is 66.4 Å². The molecule has 0 fully saturated rings. The predicted octanol–water partition coefficient (Wildman–Crippen LogP) is 12.4. The fourth-order valence-corrected chi connectivity index (χ4v) is 10.0. The molecule has 0 saturated carbocycles. The van der Waals surface area contributed by atoms with Crippen LogP contribution in [0.4, 0.5) is 0 Å². The molecule has 260 valence electrons. The first-order valence-corrected chi connectivity index (χ1v) is 19.5. The number of fused-ring (bicyclic) bond motifs is 10. The average Bonchev–Trinajstić information content (AvgIpc) is 3.56. The summed E-state index contributed by atoms with van der Waals surface area (Å²) in [5.41, 5.74) is 12.5. The Labute approximate surface area is 328 Å². The molecule has 0 amide bonds. The lowest BCUT2D eigenvalue weighted by molar-refractivity contribution is 0.724. The Hall–Kier alpha value is -7.13. The molecule has 1 spiro atoms. The highest BCUT2D eigenvalue weighted by Gasteiger charge is 2.50. The topological polar surface area (TPSA) is 62.5 Å². The van der Waals surface area contributed by atoms with Gasteiger partial charge in [-0.05, 0) is 79.5 Å². The Bertz CT molecular complexity index is 3030. The van der Waals surface area contributed by atoms with Crippen molar-refractivity contribution in [2.24, 2.45) is 0 Å². The molecule has 9 aromatic rings. The maximum Gasteiger partial charge on any atom is 0.165 e. The van der Waals surface area contributed by atoms with Crippen molar-refractivity contribution in [3.63, 3.8) is 0 Å². The van der Waals surface area contributed by atoms with Crippen LogP contribution in [0.5, 0.6) is 0 Å². The number of nitriles is 1. The van der Waals surface area contributed by atoms with Gasteiger partial charge in [0.1, 0.15) is 0 Å². The Morgan fingerprint density at radius 1 is 0.411 bits per heavy atom. The first-order chi connectivity index (χ1) is 27.7. The molecule has 11 rings (SSSR count). The average molecular weight is 731 g/mol. The van der Waals surface area contributed by atoms with E-state index >= 15 is 0 Å². The molecule has 0 bridgehead atoms. The lowest BCUT2D eigenvalue weighted by atomic mass is 9.66. The molecule has 56 heavy (non-hydrogen) atoms. The zero-order valence-electron chi connectivity index (χ0n) is 30.0. The Morgan fingerprint density at radius 2 is 0.946 bits per heavy atom. The van der Waals surface area contributed by atoms with Crippen LogP contribution in [0.25, 0.3) is 67.2 Å². The highest BCUT2D eigenvalue weighted by atomic mass is 32.2. The van der Waals surface area contributed by atoms with Gasteiger partial charge in [-0.2, -0.15) is 5.26 Å². The Balaban J connectivity index is 1.15. The van der Waals surface area contributed by atoms with E-state index < -0.39 is 5.41 Å². The molecular formula is C51H30N4S. The molecule has 0 unspecified atom stereocenters. The van der Waals surface area contributed by atoms with Crippen LogP contribution in [0.3, 0.4) is 0 Å². The molecule has 2 aliphatic rings. The van der Waals surface area contributed by atoms with Gasteiger partial charge in [-0.3, -0.25) is 0 Å². The third-order valence-corrected chi connectivity index (χ3v) is 12.4. The van der Waals surface area contributed by atoms with E-state index in [0.717, 1.165) is 32.7 Å². The highest BCUT2D eigenvalue weighted by Crippen LogP contribution is 2.63. The van der Waals surface area contributed by atoms with Crippen molar-refractivity contribution in [2.45, 2.75) is 15.2 Å². The van der Waals surface area contributed by atoms with Gasteiger partial charge >= 0.3 is 0 Å². The minimum absolute atomic E-state index is 0.542. The summed E-state index contributed by atoms with van der Waals surface area (Å²) in [7, 11) is 0. The van der Waals surface area contributed by atoms with Crippen LogP contribution in [0.15, 0.2) is 192 Å². The van der Waals surface area contributed by atoms with Gasteiger partial charge in [0, 0.05) is 26.5 Å². The van der Waals surface area contributed by atoms with Crippen LogP contribution in [-0.4, -0.2) is 15.0 Å². The standard InChI is InChI=1S/C51H30N4S/c52-31-32-12-10-17-36(28-32)33-24-26-35(27-25-33)49-53-48(34-13-2-1-3-14-34)54-50(55-49)41-20-11-23-44-47(41)56-46-30-38-16-5-4-15-37(38)29-45(46)51(44)42-21-8-6-18-39(42)40-19-7-9-22-43(40)51/h1-30H. The summed E-state index contributed by atoms with van der Waals surface area (Å²) in [5, 5.41) is 11.9. The number of hydrogen-bond donors (Lipinski definition) is 0. The van der Waals surface area contributed by atoms with Gasteiger partial charge in [0.25, 0.3) is 0 Å². The quantitative estimate of drug-likeness (QED) is 0.180. The molecule has 4 nitrogen and oxygen atoms in total. The van der Waals surface area contributed by atoms with Crippen molar-refractivity contribution in [1.29, 1.82) is 5.26 Å². The van der Waals surface area contributed by atoms with Crippen molar-refractivity contribution in [3.8, 4) is 62.5 Å². The van der Waals surface area contributed by atoms with Crippen molar-refractivity contribution in [2.75, 3.05) is 0 Å². The van der Waals surface area contributed by atoms with Crippen LogP contribution < -0.4 is 0 Å². The van der Waals surface area contributed by atoms with Crippen molar-refractivity contribution < 1.29 is 0 Å². The van der Waals surface area contributed by atoms with Gasteiger partial charge in [-0.15, -0.1) is 0 Å². The molecule has 8 aromatic carbocycles. The van der Waals surface area contributed by atoms with Crippen molar-refractivity contribution in [1.82, 2.24) is 15.0 Å². The van der Waals surface area contributed by atoms with Gasteiger partial charge in [0.05, 0.1) is 17.0 Å². The van der Waals surface area contributed by atoms with E-state index in [4.69, 9.17) is 15.0 Å². The second kappa shape index (κ2) is 12.7. The second-order valence-corrected chi connectivity index (χ2v) is 15.3. The summed E-state index contributed by atoms with van der Waals surface area (Å²) in [4.78, 5) is 17.9. The summed E-state index contributed by atoms with van der Waals surface area (Å²) in [6, 6.07) is 66.2. The lowest BCUT2D eigenvalue weighted by Crippen LogP contribution is -2.32. The Morgan fingerprint density at radius 3 is 1.66 bits per heavy atom. The van der Waals surface area contributed by atoms with E-state index in [2.05, 4.69) is 133 Å². The monoisotopic (exact) mass is 730 g/mol. The maximum atomic E-state index is 9.48. The molecule has 5 heteroatoms. The van der Waals surface area contributed by atoms with E-state index in [1.54, 1.807) is 0 Å². The molecule has 0 radical (unpaired) electrons. The zero-order valence-corrected chi connectivity index (χ0v) is 30.8. The van der Waals surface area contributed by atoms with E-state index in [0.29, 0.717) is 23.0 Å². The largest absolute Gasteiger partial charge is 0.208 e. The molecule has 0 N–H and O–H groups in total. The van der Waals surface area contributed by atoms with Gasteiger partial charge < -0.3 is 0 Å². The molecule has 0 saturated heterocycles. The normalized spacial score (nSPS) is 13.1. The summed E-state index contributed by atoms with van der Waals surface area (Å²) in [5.74, 6) is 1.85. The minimum atomic E-state index is -0.542. The summed E-state index contributed by atoms with van der Waals surface area (Å²) in [6.45, 7) is 0. The summed E-state index contributed by atoms with van der Waals surface area (Å²) < 4.78 is 0. The molecule has 1 aromatic heterocycles. The lowest BCUT2D eigenvalue weighted by Gasteiger charge is -2.40. The van der Waals surface area contributed by atoms with Crippen LogP contribution >= 0.6 is 11.8 Å². The smallest absolute Gasteiger partial charge is 0.165 e. The first-order valence-electron chi connectivity index (χ1n) is 18.7. The van der Waals surface area contributed by atoms with Crippen LogP contribution in [0.2, 0.25) is 0 Å². The van der Waals surface area contributed by atoms with Crippen molar-refractivity contribution in [3.05, 3.63) is 210 Å². The minimum Gasteiger partial charge on any atom is -0.208 e. The number of hydrogen-bond acceptors (Lipinski definition) is 5. The first kappa shape index (κ1) is 32.3. The molecular weight excluding hydrogens is 701 g/mol. The Kier molecular flexibility index (Phi) is 7.35. The molecule has 1 aliphatic heterocycles. The van der Waals surface area contributed by atoms with Crippen LogP contribution in [-0.2, 0) is 5.41 Å². The summed E-state index contributed by atoms with van der Waals surface area (Å²) in [6.07, 6.45) is 0. The number of benzene rings is 8. The highest BCUT2D eigenvalue weighted by molar-refractivity contribution is 7.99. The third kappa shape index (κ3) is 4.90. The van der Waals surface area contributed by atoms with Crippen LogP contribution in [0.1, 0.15) is 27.8 Å². The zero-order chi connectivity index (χ0) is 37.2. The predicted molar refractivity (Wildman–Crippen MR) is 225 cm³/mol. The molecule has 2 heterocycles. The fourth-order valence-electron chi connectivity index (χ4n) is 8.71. The van der Waals surface area contributed by atoms with Gasteiger partial charge in [0.2, 0.25) is 0 Å². The van der Waals surface area contributed by atoms with Crippen LogP contribution in [0, 0.1) is 11.3 Å². The number of aromatic nitrogens is 3. The summed E-state index contributed by atoms with van der Waals surface area (Å²) >= 11 is 1.81. The van der Waals surface area contributed by atoms with E-state index in [9.17, 15) is 5.26 Å². The molecule has 1 aliphatic carbocycles. The third-order valence-electron chi connectivity index (χ3n) is 11.2. The fraction of sp³-hybridized carbons (Fsp3) is 0.0196. The van der Waals surface area contributed by atoms with Gasteiger partial charge in [-0.1, -0.05) is 169 Å². The van der Waals surface area contributed by atoms with Gasteiger partial charge in [-0.25, -0.2) is 15.0 Å². The second-order valence-electron chi connectivity index (χ2n) is 14.3. The SMILES string of the molecule is N#Cc1cccc(-c2ccc(-c3nc(-c4ccccc4)nc(-c4cccc5c4Sc4cc6ccccc6cc4C54c5ccccc5-c5ccccc54)n3)cc2)c1. The molecule has 0 atom stereocenters. The maximum absolute atomic E-state index is 9.48. The van der Waals surface area contributed by atoms with Gasteiger partial charge in [0.15, 0.2) is 17.5 Å². The number of rotatable bonds is 4. The van der Waals surface area contributed by atoms with E-state index in [-0.39, 0.29) is 0 Å². The van der Waals surface area contributed by atoms with Crippen molar-refractivity contribution >= 4 is 22.5 Å². The number of nitrogens with zero attached hydrogens (tertiary/aromatic N) is 4. The van der Waals surface area contributed by atoms with E-state index in [1.165, 1.54) is 49.0 Å².